The predicted octanol–water partition coefficient (Wildman–Crippen LogP) is 0.838. The van der Waals surface area contributed by atoms with Gasteiger partial charge in [-0.3, -0.25) is 4.68 Å². The van der Waals surface area contributed by atoms with E-state index in [2.05, 4.69) is 15.4 Å². The molecule has 0 aromatic carbocycles. The maximum Gasteiger partial charge on any atom is 0.138 e. The summed E-state index contributed by atoms with van der Waals surface area (Å²) in [5.41, 5.74) is 0. The molecular weight excluding hydrogens is 195 g/mol. The molecule has 0 radical (unpaired) electrons. The monoisotopic (exact) mass is 212 g/mol. The molecule has 0 bridgehead atoms. The number of rotatable bonds is 3. The van der Waals surface area contributed by atoms with Crippen molar-refractivity contribution in [2.75, 3.05) is 6.54 Å². The minimum atomic E-state index is -0.854. The smallest absolute Gasteiger partial charge is 0.138 e. The van der Waals surface area contributed by atoms with E-state index >= 15 is 0 Å². The summed E-state index contributed by atoms with van der Waals surface area (Å²) in [6.45, 7) is 0.934. The van der Waals surface area contributed by atoms with Gasteiger partial charge < -0.3 is 5.32 Å². The van der Waals surface area contributed by atoms with Gasteiger partial charge in [0.2, 0.25) is 0 Å². The van der Waals surface area contributed by atoms with Crippen LogP contribution < -0.4 is 5.32 Å². The van der Waals surface area contributed by atoms with Crippen LogP contribution in [-0.2, 0) is 13.5 Å². The van der Waals surface area contributed by atoms with Crippen LogP contribution >= 0.6 is 0 Å². The lowest BCUT2D eigenvalue weighted by molar-refractivity contribution is 0.213. The summed E-state index contributed by atoms with van der Waals surface area (Å²) in [6.07, 6.45) is 4.18. The average molecular weight is 212 g/mol. The van der Waals surface area contributed by atoms with Crippen LogP contribution in [0.4, 0.5) is 4.39 Å². The lowest BCUT2D eigenvalue weighted by Gasteiger charge is -2.26. The van der Waals surface area contributed by atoms with Crippen molar-refractivity contribution in [2.45, 2.75) is 37.9 Å². The fraction of sp³-hybridized carbons (Fsp3) is 0.800. The molecule has 5 heteroatoms. The second-order valence-corrected chi connectivity index (χ2v) is 4.08. The summed E-state index contributed by atoms with van der Waals surface area (Å²) in [6, 6.07) is -0.00421. The highest BCUT2D eigenvalue weighted by molar-refractivity contribution is 4.91. The van der Waals surface area contributed by atoms with E-state index in [-0.39, 0.29) is 6.04 Å². The van der Waals surface area contributed by atoms with Crippen LogP contribution in [0.25, 0.3) is 0 Å². The van der Waals surface area contributed by atoms with Crippen molar-refractivity contribution in [1.82, 2.24) is 20.1 Å². The van der Waals surface area contributed by atoms with E-state index in [1.54, 1.807) is 11.7 Å². The first-order chi connectivity index (χ1) is 7.27. The molecule has 15 heavy (non-hydrogen) atoms. The summed E-state index contributed by atoms with van der Waals surface area (Å²) in [5.74, 6) is 0.717. The second-order valence-electron chi connectivity index (χ2n) is 4.08. The van der Waals surface area contributed by atoms with Gasteiger partial charge in [-0.2, -0.15) is 5.10 Å². The van der Waals surface area contributed by atoms with Crippen LogP contribution in [0.3, 0.4) is 0 Å². The lowest BCUT2D eigenvalue weighted by atomic mass is 9.99. The van der Waals surface area contributed by atoms with E-state index in [4.69, 9.17) is 0 Å². The van der Waals surface area contributed by atoms with Gasteiger partial charge in [-0.15, -0.1) is 0 Å². The fourth-order valence-electron chi connectivity index (χ4n) is 2.01. The van der Waals surface area contributed by atoms with E-state index in [9.17, 15) is 4.39 Å². The van der Waals surface area contributed by atoms with Gasteiger partial charge >= 0.3 is 0 Å². The summed E-state index contributed by atoms with van der Waals surface area (Å²) >= 11 is 0. The highest BCUT2D eigenvalue weighted by atomic mass is 19.1. The molecule has 1 saturated heterocycles. The number of nitrogens with zero attached hydrogens (tertiary/aromatic N) is 3. The molecule has 2 unspecified atom stereocenters. The van der Waals surface area contributed by atoms with E-state index in [1.165, 1.54) is 6.33 Å². The maximum absolute atomic E-state index is 13.9. The van der Waals surface area contributed by atoms with Crippen molar-refractivity contribution in [1.29, 1.82) is 0 Å². The topological polar surface area (TPSA) is 42.7 Å². The predicted molar refractivity (Wildman–Crippen MR) is 55.2 cm³/mol. The van der Waals surface area contributed by atoms with Crippen molar-refractivity contribution in [3.05, 3.63) is 12.2 Å². The van der Waals surface area contributed by atoms with E-state index < -0.39 is 6.17 Å². The number of nitrogens with one attached hydrogen (secondary N) is 1. The third-order valence-electron chi connectivity index (χ3n) is 2.97. The largest absolute Gasteiger partial charge is 0.311 e. The molecule has 1 N–H and O–H groups in total. The highest BCUT2D eigenvalue weighted by Gasteiger charge is 2.24. The zero-order chi connectivity index (χ0) is 10.7. The number of alkyl halides is 1. The number of halogens is 1. The zero-order valence-corrected chi connectivity index (χ0v) is 8.99. The third-order valence-corrected chi connectivity index (χ3v) is 2.97. The molecule has 1 fully saturated rings. The summed E-state index contributed by atoms with van der Waals surface area (Å²) in [5, 5.41) is 7.15. The van der Waals surface area contributed by atoms with Gasteiger partial charge in [0, 0.05) is 19.5 Å². The first kappa shape index (κ1) is 10.5. The van der Waals surface area contributed by atoms with Crippen molar-refractivity contribution in [3.8, 4) is 0 Å². The minimum absolute atomic E-state index is 0.00421. The van der Waals surface area contributed by atoms with Crippen molar-refractivity contribution in [2.24, 2.45) is 7.05 Å². The van der Waals surface area contributed by atoms with Crippen LogP contribution in [0.2, 0.25) is 0 Å². The number of aryl methyl sites for hydroxylation is 1. The third kappa shape index (κ3) is 2.53. The number of hydrogen-bond acceptors (Lipinski definition) is 3. The molecule has 1 aliphatic heterocycles. The normalized spacial score (nSPS) is 24.0. The Bertz CT molecular complexity index is 306. The molecule has 0 saturated carbocycles. The standard InChI is InChI=1S/C10H17FN4/c1-15-10(13-7-14-15)6-8(11)9-4-2-3-5-12-9/h7-9,12H,2-6H2,1H3. The minimum Gasteiger partial charge on any atom is -0.311 e. The van der Waals surface area contributed by atoms with Gasteiger partial charge in [0.25, 0.3) is 0 Å². The van der Waals surface area contributed by atoms with Gasteiger partial charge in [0.1, 0.15) is 18.3 Å². The quantitative estimate of drug-likeness (QED) is 0.807. The molecule has 0 spiro atoms. The first-order valence-corrected chi connectivity index (χ1v) is 5.47. The molecule has 0 aliphatic carbocycles. The summed E-state index contributed by atoms with van der Waals surface area (Å²) in [4.78, 5) is 4.03. The van der Waals surface area contributed by atoms with E-state index in [1.807, 2.05) is 0 Å². The van der Waals surface area contributed by atoms with Gasteiger partial charge in [-0.25, -0.2) is 9.37 Å². The van der Waals surface area contributed by atoms with Gasteiger partial charge in [0.15, 0.2) is 0 Å². The summed E-state index contributed by atoms with van der Waals surface area (Å²) < 4.78 is 15.5. The Balaban J connectivity index is 1.91. The molecule has 84 valence electrons. The van der Waals surface area contributed by atoms with E-state index in [0.717, 1.165) is 31.6 Å². The molecule has 4 nitrogen and oxygen atoms in total. The zero-order valence-electron chi connectivity index (χ0n) is 8.99. The van der Waals surface area contributed by atoms with Gasteiger partial charge in [-0.05, 0) is 19.4 Å². The fourth-order valence-corrected chi connectivity index (χ4v) is 2.01. The van der Waals surface area contributed by atoms with Crippen LogP contribution in [0.15, 0.2) is 6.33 Å². The van der Waals surface area contributed by atoms with Crippen LogP contribution in [0.5, 0.6) is 0 Å². The summed E-state index contributed by atoms with van der Waals surface area (Å²) in [7, 11) is 1.79. The Kier molecular flexibility index (Phi) is 3.30. The Labute approximate surface area is 88.9 Å². The Morgan fingerprint density at radius 2 is 2.53 bits per heavy atom. The Morgan fingerprint density at radius 3 is 3.13 bits per heavy atom. The first-order valence-electron chi connectivity index (χ1n) is 5.47. The van der Waals surface area contributed by atoms with Crippen LogP contribution in [0, 0.1) is 0 Å². The average Bonchev–Trinajstić information content (AvgIpc) is 2.66. The SMILES string of the molecule is Cn1ncnc1CC(F)C1CCCCN1. The van der Waals surface area contributed by atoms with E-state index in [0.29, 0.717) is 6.42 Å². The molecule has 1 aliphatic rings. The molecule has 1 aromatic heterocycles. The number of piperidine rings is 1. The lowest BCUT2D eigenvalue weighted by Crippen LogP contribution is -2.42. The van der Waals surface area contributed by atoms with Crippen LogP contribution in [-0.4, -0.2) is 33.5 Å². The van der Waals surface area contributed by atoms with Crippen LogP contribution in [0.1, 0.15) is 25.1 Å². The van der Waals surface area contributed by atoms with Crippen molar-refractivity contribution < 1.29 is 4.39 Å². The Hall–Kier alpha value is -0.970. The van der Waals surface area contributed by atoms with Crippen molar-refractivity contribution >= 4 is 0 Å². The highest BCUT2D eigenvalue weighted by Crippen LogP contribution is 2.15. The molecule has 1 aromatic rings. The number of aromatic nitrogens is 3. The van der Waals surface area contributed by atoms with Gasteiger partial charge in [-0.1, -0.05) is 6.42 Å². The maximum atomic E-state index is 13.9. The molecule has 2 rings (SSSR count). The molecular formula is C10H17FN4. The Morgan fingerprint density at radius 1 is 1.67 bits per heavy atom. The second kappa shape index (κ2) is 4.70. The molecule has 2 heterocycles. The molecule has 0 amide bonds. The van der Waals surface area contributed by atoms with Crippen molar-refractivity contribution in [3.63, 3.8) is 0 Å². The van der Waals surface area contributed by atoms with Gasteiger partial charge in [0.05, 0.1) is 0 Å². The molecule has 2 atom stereocenters. The number of hydrogen-bond donors (Lipinski definition) is 1.